The number of aryl methyl sites for hydroxylation is 1. The minimum absolute atomic E-state index is 0.0581. The fourth-order valence-corrected chi connectivity index (χ4v) is 5.57. The van der Waals surface area contributed by atoms with Crippen molar-refractivity contribution in [2.75, 3.05) is 34.0 Å². The van der Waals surface area contributed by atoms with Crippen molar-refractivity contribution >= 4 is 11.8 Å². The molecule has 0 unspecified atom stereocenters. The van der Waals surface area contributed by atoms with Crippen LogP contribution in [-0.4, -0.2) is 51.8 Å². The number of hydrogen-bond donors (Lipinski definition) is 2. The SMILES string of the molecule is COCCCOc1cc(CCCCCCC(C(=O)NC[C@H]2CCC(=O)N2)(C(C)C)C(C)C)ccc1OC. The van der Waals surface area contributed by atoms with Gasteiger partial charge in [-0.1, -0.05) is 53.0 Å². The molecule has 1 aliphatic rings. The van der Waals surface area contributed by atoms with Gasteiger partial charge in [0.1, 0.15) is 0 Å². The lowest BCUT2D eigenvalue weighted by Gasteiger charge is -2.40. The minimum Gasteiger partial charge on any atom is -0.493 e. The van der Waals surface area contributed by atoms with E-state index in [4.69, 9.17) is 14.2 Å². The van der Waals surface area contributed by atoms with Gasteiger partial charge in [-0.15, -0.1) is 0 Å². The predicted molar refractivity (Wildman–Crippen MR) is 148 cm³/mol. The number of methoxy groups -OCH3 is 2. The highest BCUT2D eigenvalue weighted by Gasteiger charge is 2.43. The van der Waals surface area contributed by atoms with Gasteiger partial charge in [-0.2, -0.15) is 0 Å². The molecule has 0 bridgehead atoms. The average Bonchev–Trinajstić information content (AvgIpc) is 3.29. The predicted octanol–water partition coefficient (Wildman–Crippen LogP) is 5.30. The Labute approximate surface area is 224 Å². The Morgan fingerprint density at radius 1 is 1.03 bits per heavy atom. The van der Waals surface area contributed by atoms with Crippen LogP contribution in [0.5, 0.6) is 11.5 Å². The van der Waals surface area contributed by atoms with Gasteiger partial charge in [0.05, 0.1) is 19.1 Å². The van der Waals surface area contributed by atoms with Crippen LogP contribution in [0.2, 0.25) is 0 Å². The van der Waals surface area contributed by atoms with Crippen LogP contribution in [0.15, 0.2) is 18.2 Å². The monoisotopic (exact) mass is 518 g/mol. The van der Waals surface area contributed by atoms with Crippen molar-refractivity contribution in [3.63, 3.8) is 0 Å². The van der Waals surface area contributed by atoms with Crippen LogP contribution in [0.3, 0.4) is 0 Å². The first-order valence-electron chi connectivity index (χ1n) is 14.1. The Bertz CT molecular complexity index is 831. The van der Waals surface area contributed by atoms with E-state index in [9.17, 15) is 9.59 Å². The lowest BCUT2D eigenvalue weighted by Crippen LogP contribution is -2.50. The first kappa shape index (κ1) is 30.9. The number of nitrogens with one attached hydrogen (secondary N) is 2. The van der Waals surface area contributed by atoms with Gasteiger partial charge in [0, 0.05) is 39.1 Å². The van der Waals surface area contributed by atoms with E-state index < -0.39 is 5.41 Å². The number of amides is 2. The van der Waals surface area contributed by atoms with E-state index in [1.54, 1.807) is 14.2 Å². The van der Waals surface area contributed by atoms with Crippen LogP contribution in [0.4, 0.5) is 0 Å². The van der Waals surface area contributed by atoms with Crippen LogP contribution in [0.25, 0.3) is 0 Å². The molecule has 2 N–H and O–H groups in total. The number of carbonyl (C=O) groups excluding carboxylic acids is 2. The second kappa shape index (κ2) is 15.9. The molecule has 210 valence electrons. The zero-order chi connectivity index (χ0) is 27.3. The van der Waals surface area contributed by atoms with Crippen LogP contribution in [-0.2, 0) is 20.7 Å². The summed E-state index contributed by atoms with van der Waals surface area (Å²) in [5.74, 6) is 2.25. The molecule has 0 radical (unpaired) electrons. The van der Waals surface area contributed by atoms with Crippen molar-refractivity contribution < 1.29 is 23.8 Å². The molecule has 1 atom stereocenters. The third kappa shape index (κ3) is 9.20. The maximum Gasteiger partial charge on any atom is 0.226 e. The van der Waals surface area contributed by atoms with Crippen molar-refractivity contribution in [3.05, 3.63) is 23.8 Å². The quantitative estimate of drug-likeness (QED) is 0.258. The lowest BCUT2D eigenvalue weighted by atomic mass is 9.65. The Morgan fingerprint density at radius 3 is 2.38 bits per heavy atom. The number of ether oxygens (including phenoxy) is 3. The number of hydrogen-bond acceptors (Lipinski definition) is 5. The maximum absolute atomic E-state index is 13.4. The molecule has 0 spiro atoms. The average molecular weight is 519 g/mol. The fourth-order valence-electron chi connectivity index (χ4n) is 5.57. The number of carbonyl (C=O) groups is 2. The zero-order valence-electron chi connectivity index (χ0n) is 24.0. The van der Waals surface area contributed by atoms with E-state index in [0.717, 1.165) is 62.9 Å². The molecule has 1 aromatic carbocycles. The normalized spacial score (nSPS) is 15.8. The largest absolute Gasteiger partial charge is 0.493 e. The van der Waals surface area contributed by atoms with Crippen LogP contribution < -0.4 is 20.1 Å². The van der Waals surface area contributed by atoms with Gasteiger partial charge < -0.3 is 24.8 Å². The number of unbranched alkanes of at least 4 members (excludes halogenated alkanes) is 3. The van der Waals surface area contributed by atoms with Crippen molar-refractivity contribution in [2.45, 2.75) is 91.5 Å². The van der Waals surface area contributed by atoms with Crippen LogP contribution in [0, 0.1) is 17.3 Å². The highest BCUT2D eigenvalue weighted by atomic mass is 16.5. The summed E-state index contributed by atoms with van der Waals surface area (Å²) in [6.45, 7) is 10.4. The van der Waals surface area contributed by atoms with Crippen molar-refractivity contribution in [1.82, 2.24) is 10.6 Å². The van der Waals surface area contributed by atoms with E-state index in [-0.39, 0.29) is 29.7 Å². The molecule has 2 rings (SSSR count). The third-order valence-corrected chi connectivity index (χ3v) is 7.86. The molecule has 1 aliphatic heterocycles. The first-order valence-corrected chi connectivity index (χ1v) is 14.1. The highest BCUT2D eigenvalue weighted by molar-refractivity contribution is 5.83. The topological polar surface area (TPSA) is 85.9 Å². The molecule has 2 amide bonds. The summed E-state index contributed by atoms with van der Waals surface area (Å²) in [7, 11) is 3.36. The van der Waals surface area contributed by atoms with Gasteiger partial charge >= 0.3 is 0 Å². The van der Waals surface area contributed by atoms with Gasteiger partial charge in [-0.3, -0.25) is 9.59 Å². The molecule has 0 saturated carbocycles. The van der Waals surface area contributed by atoms with Crippen molar-refractivity contribution in [1.29, 1.82) is 0 Å². The molecule has 1 heterocycles. The maximum atomic E-state index is 13.4. The molecule has 0 aromatic heterocycles. The van der Waals surface area contributed by atoms with Gasteiger partial charge in [-0.25, -0.2) is 0 Å². The summed E-state index contributed by atoms with van der Waals surface area (Å²) in [4.78, 5) is 24.9. The molecular formula is C30H50N2O5. The second-order valence-corrected chi connectivity index (χ2v) is 11.0. The highest BCUT2D eigenvalue weighted by Crippen LogP contribution is 2.41. The Morgan fingerprint density at radius 2 is 1.76 bits per heavy atom. The van der Waals surface area contributed by atoms with E-state index in [1.165, 1.54) is 5.56 Å². The zero-order valence-corrected chi connectivity index (χ0v) is 24.0. The summed E-state index contributed by atoms with van der Waals surface area (Å²) in [6.07, 6.45) is 8.41. The van der Waals surface area contributed by atoms with Crippen LogP contribution in [0.1, 0.15) is 84.6 Å². The Hall–Kier alpha value is -2.28. The van der Waals surface area contributed by atoms with E-state index in [2.05, 4.69) is 50.5 Å². The van der Waals surface area contributed by atoms with Crippen molar-refractivity contribution in [3.8, 4) is 11.5 Å². The summed E-state index contributed by atoms with van der Waals surface area (Å²) in [6, 6.07) is 6.24. The molecule has 1 aromatic rings. The van der Waals surface area contributed by atoms with Gasteiger partial charge in [-0.05, 0) is 55.2 Å². The number of benzene rings is 1. The fraction of sp³-hybridized carbons (Fsp3) is 0.733. The smallest absolute Gasteiger partial charge is 0.226 e. The molecule has 0 aliphatic carbocycles. The van der Waals surface area contributed by atoms with E-state index in [1.807, 2.05) is 6.07 Å². The summed E-state index contributed by atoms with van der Waals surface area (Å²) >= 11 is 0. The van der Waals surface area contributed by atoms with E-state index in [0.29, 0.717) is 26.2 Å². The van der Waals surface area contributed by atoms with Crippen LogP contribution >= 0.6 is 0 Å². The molecule has 1 saturated heterocycles. The first-order chi connectivity index (χ1) is 17.7. The van der Waals surface area contributed by atoms with Gasteiger partial charge in [0.15, 0.2) is 11.5 Å². The Balaban J connectivity index is 1.83. The summed E-state index contributed by atoms with van der Waals surface area (Å²) < 4.78 is 16.5. The molecule has 7 nitrogen and oxygen atoms in total. The summed E-state index contributed by atoms with van der Waals surface area (Å²) in [5.41, 5.74) is 0.854. The molecule has 1 fully saturated rings. The minimum atomic E-state index is -0.395. The van der Waals surface area contributed by atoms with Gasteiger partial charge in [0.2, 0.25) is 11.8 Å². The molecule has 7 heteroatoms. The van der Waals surface area contributed by atoms with Crippen molar-refractivity contribution in [2.24, 2.45) is 17.3 Å². The second-order valence-electron chi connectivity index (χ2n) is 11.0. The van der Waals surface area contributed by atoms with Gasteiger partial charge in [0.25, 0.3) is 0 Å². The number of rotatable bonds is 18. The van der Waals surface area contributed by atoms with E-state index >= 15 is 0 Å². The molecule has 37 heavy (non-hydrogen) atoms. The summed E-state index contributed by atoms with van der Waals surface area (Å²) in [5, 5.41) is 6.13. The lowest BCUT2D eigenvalue weighted by molar-refractivity contribution is -0.138. The standard InChI is InChI=1S/C30H50N2O5/c1-22(2)30(23(3)4,29(34)31-21-25-14-16-28(33)32-25)17-10-8-7-9-12-24-13-15-26(36-6)27(20-24)37-19-11-18-35-5/h13,15,20,22-23,25H,7-12,14,16-19,21H2,1-6H3,(H,31,34)(H,32,33)/t25-/m1/s1. The third-order valence-electron chi connectivity index (χ3n) is 7.86. The molecular weight excluding hydrogens is 468 g/mol. The Kier molecular flexibility index (Phi) is 13.3.